The molecule has 0 amide bonds. The molecule has 0 spiro atoms. The van der Waals surface area contributed by atoms with Gasteiger partial charge in [-0.15, -0.1) is 0 Å². The van der Waals surface area contributed by atoms with Gasteiger partial charge in [0.05, 0.1) is 6.42 Å². The maximum absolute atomic E-state index is 8.74. The lowest BCUT2D eigenvalue weighted by molar-refractivity contribution is 0.667. The van der Waals surface area contributed by atoms with E-state index in [4.69, 9.17) is 4.79 Å². The summed E-state index contributed by atoms with van der Waals surface area (Å²) in [4.78, 5) is 8.74. The van der Waals surface area contributed by atoms with E-state index in [1.165, 1.54) is 5.57 Å². The fraction of sp³-hybridized carbons (Fsp3) is 0.500. The summed E-state index contributed by atoms with van der Waals surface area (Å²) in [6, 6.07) is 0. The summed E-state index contributed by atoms with van der Waals surface area (Å²) in [6.07, 6.45) is 3.73. The van der Waals surface area contributed by atoms with Gasteiger partial charge in [-0.2, -0.15) is 0 Å². The molecular formula is C6H9O+. The molecule has 0 fully saturated rings. The van der Waals surface area contributed by atoms with E-state index in [9.17, 15) is 0 Å². The Morgan fingerprint density at radius 2 is 2.29 bits per heavy atom. The Labute approximate surface area is 43.0 Å². The summed E-state index contributed by atoms with van der Waals surface area (Å²) >= 11 is 0. The van der Waals surface area contributed by atoms with Gasteiger partial charge in [0, 0.05) is 6.08 Å². The van der Waals surface area contributed by atoms with Crippen molar-refractivity contribution < 1.29 is 4.79 Å². The van der Waals surface area contributed by atoms with Crippen LogP contribution in [0.15, 0.2) is 11.6 Å². The number of carbonyl (C=O) groups excluding carboxylic acids is 1. The first-order chi connectivity index (χ1) is 3.29. The van der Waals surface area contributed by atoms with Gasteiger partial charge in [-0.1, -0.05) is 5.57 Å². The fourth-order valence-electron chi connectivity index (χ4n) is 0.754. The standard InChI is InChI=1S/C6H8O/c1-5-2-3-6(7)4-5/h4H,2-3H2,1H3/p+1. The van der Waals surface area contributed by atoms with E-state index < -0.39 is 0 Å². The van der Waals surface area contributed by atoms with Crippen LogP contribution in [-0.2, 0) is 0 Å². The first-order valence-corrected chi connectivity index (χ1v) is 2.51. The predicted octanol–water partition coefficient (Wildman–Crippen LogP) is 1.27. The predicted molar refractivity (Wildman–Crippen MR) is 29.9 cm³/mol. The van der Waals surface area contributed by atoms with E-state index in [-0.39, 0.29) is 0 Å². The van der Waals surface area contributed by atoms with Crippen molar-refractivity contribution in [2.45, 2.75) is 19.8 Å². The molecule has 1 rings (SSSR count). The topological polar surface area (TPSA) is 21.4 Å². The second-order valence-corrected chi connectivity index (χ2v) is 1.98. The number of hydrogen-bond donors (Lipinski definition) is 0. The molecule has 1 N–H and O–H groups in total. The number of hydrogen-bond acceptors (Lipinski definition) is 0. The smallest absolute Gasteiger partial charge is 0.279 e. The largest absolute Gasteiger partial charge is 0.316 e. The van der Waals surface area contributed by atoms with Gasteiger partial charge in [-0.25, -0.2) is 0 Å². The van der Waals surface area contributed by atoms with Crippen molar-refractivity contribution in [3.63, 3.8) is 0 Å². The zero-order valence-electron chi connectivity index (χ0n) is 4.44. The van der Waals surface area contributed by atoms with Crippen molar-refractivity contribution >= 4 is 5.78 Å². The second kappa shape index (κ2) is 1.49. The summed E-state index contributed by atoms with van der Waals surface area (Å²) in [5, 5.41) is 0. The minimum atomic E-state index is 0.539. The van der Waals surface area contributed by atoms with Crippen LogP contribution >= 0.6 is 0 Å². The van der Waals surface area contributed by atoms with Crippen molar-refractivity contribution in [1.82, 2.24) is 0 Å². The van der Waals surface area contributed by atoms with Crippen molar-refractivity contribution in [2.24, 2.45) is 0 Å². The minimum Gasteiger partial charge on any atom is -0.279 e. The molecule has 1 aliphatic rings. The van der Waals surface area contributed by atoms with Crippen molar-refractivity contribution in [3.8, 4) is 0 Å². The lowest BCUT2D eigenvalue weighted by atomic mass is 10.3. The van der Waals surface area contributed by atoms with E-state index in [0.29, 0.717) is 5.78 Å². The Balaban J connectivity index is 2.67. The third-order valence-electron chi connectivity index (χ3n) is 1.19. The Hall–Kier alpha value is -0.590. The molecule has 0 bridgehead atoms. The van der Waals surface area contributed by atoms with Crippen LogP contribution in [0.1, 0.15) is 19.8 Å². The van der Waals surface area contributed by atoms with E-state index in [0.717, 1.165) is 12.8 Å². The summed E-state index contributed by atoms with van der Waals surface area (Å²) in [7, 11) is 0. The second-order valence-electron chi connectivity index (χ2n) is 1.98. The molecule has 0 saturated heterocycles. The van der Waals surface area contributed by atoms with E-state index in [2.05, 4.69) is 0 Å². The Kier molecular flexibility index (Phi) is 0.970. The van der Waals surface area contributed by atoms with E-state index in [1.807, 2.05) is 13.0 Å². The van der Waals surface area contributed by atoms with Gasteiger partial charge >= 0.3 is 5.78 Å². The van der Waals surface area contributed by atoms with Crippen LogP contribution in [0, 0.1) is 0 Å². The highest BCUT2D eigenvalue weighted by Crippen LogP contribution is 2.12. The molecule has 1 aliphatic carbocycles. The van der Waals surface area contributed by atoms with E-state index >= 15 is 0 Å². The Morgan fingerprint density at radius 1 is 1.57 bits per heavy atom. The summed E-state index contributed by atoms with van der Waals surface area (Å²) in [6.45, 7) is 2.03. The third kappa shape index (κ3) is 0.889. The van der Waals surface area contributed by atoms with Crippen LogP contribution in [0.4, 0.5) is 0 Å². The van der Waals surface area contributed by atoms with Gasteiger partial charge in [-0.3, -0.25) is 4.79 Å². The average molecular weight is 97.1 g/mol. The molecule has 0 heterocycles. The monoisotopic (exact) mass is 97.1 g/mol. The lowest BCUT2D eigenvalue weighted by Crippen LogP contribution is -1.81. The maximum Gasteiger partial charge on any atom is 0.316 e. The molecule has 0 aliphatic heterocycles. The van der Waals surface area contributed by atoms with Crippen LogP contribution in [0.3, 0.4) is 0 Å². The molecule has 38 valence electrons. The van der Waals surface area contributed by atoms with E-state index in [1.54, 1.807) is 0 Å². The average Bonchev–Trinajstić information content (AvgIpc) is 1.87. The molecule has 1 nitrogen and oxygen atoms in total. The highest BCUT2D eigenvalue weighted by atomic mass is 16.1. The van der Waals surface area contributed by atoms with Gasteiger partial charge in [0.15, 0.2) is 0 Å². The van der Waals surface area contributed by atoms with Crippen LogP contribution in [-0.4, -0.2) is 10.6 Å². The molecule has 0 aromatic carbocycles. The molecule has 7 heavy (non-hydrogen) atoms. The molecule has 0 radical (unpaired) electrons. The van der Waals surface area contributed by atoms with Crippen molar-refractivity contribution in [3.05, 3.63) is 11.6 Å². The van der Waals surface area contributed by atoms with Gasteiger partial charge < -0.3 is 0 Å². The molecule has 0 saturated carbocycles. The quantitative estimate of drug-likeness (QED) is 0.406. The zero-order valence-corrected chi connectivity index (χ0v) is 4.44. The maximum atomic E-state index is 8.74. The lowest BCUT2D eigenvalue weighted by Gasteiger charge is -1.76. The van der Waals surface area contributed by atoms with Crippen LogP contribution in [0.5, 0.6) is 0 Å². The van der Waals surface area contributed by atoms with Gasteiger partial charge in [0.1, 0.15) is 0 Å². The van der Waals surface area contributed by atoms with Crippen LogP contribution in [0.2, 0.25) is 0 Å². The first-order valence-electron chi connectivity index (χ1n) is 2.51. The molecule has 0 aromatic heterocycles. The molecule has 0 atom stereocenters. The first kappa shape index (κ1) is 4.57. The van der Waals surface area contributed by atoms with Gasteiger partial charge in [0.2, 0.25) is 0 Å². The third-order valence-corrected chi connectivity index (χ3v) is 1.19. The molecule has 0 aromatic rings. The Morgan fingerprint density at radius 3 is 2.43 bits per heavy atom. The van der Waals surface area contributed by atoms with Gasteiger partial charge in [-0.05, 0) is 13.3 Å². The number of allylic oxidation sites excluding steroid dienone is 2. The molecule has 0 unspecified atom stereocenters. The van der Waals surface area contributed by atoms with Crippen LogP contribution in [0.25, 0.3) is 0 Å². The van der Waals surface area contributed by atoms with Crippen molar-refractivity contribution in [2.75, 3.05) is 0 Å². The summed E-state index contributed by atoms with van der Waals surface area (Å²) in [5.74, 6) is 0.539. The number of ketones is 1. The number of rotatable bonds is 0. The summed E-state index contributed by atoms with van der Waals surface area (Å²) < 4.78 is 0. The fourth-order valence-corrected chi connectivity index (χ4v) is 0.754. The van der Waals surface area contributed by atoms with Gasteiger partial charge in [0.25, 0.3) is 0 Å². The summed E-state index contributed by atoms with van der Waals surface area (Å²) in [5.41, 5.74) is 1.29. The minimum absolute atomic E-state index is 0.539. The SMILES string of the molecule is CC1=CC(=[OH+])CC1. The highest BCUT2D eigenvalue weighted by molar-refractivity contribution is 5.93. The normalized spacial score (nSPS) is 20.1. The highest BCUT2D eigenvalue weighted by Gasteiger charge is 2.12. The molecular weight excluding hydrogens is 88.1 g/mol. The zero-order chi connectivity index (χ0) is 5.28. The molecule has 1 heteroatoms. The Bertz CT molecular complexity index is 122. The van der Waals surface area contributed by atoms with Crippen LogP contribution < -0.4 is 0 Å². The van der Waals surface area contributed by atoms with Crippen molar-refractivity contribution in [1.29, 1.82) is 0 Å².